The predicted octanol–water partition coefficient (Wildman–Crippen LogP) is 4.20. The Morgan fingerprint density at radius 2 is 1.74 bits per heavy atom. The summed E-state index contributed by atoms with van der Waals surface area (Å²) in [6, 6.07) is 16.5. The van der Waals surface area contributed by atoms with E-state index in [-0.39, 0.29) is 0 Å². The summed E-state index contributed by atoms with van der Waals surface area (Å²) in [5, 5.41) is 4.76. The van der Waals surface area contributed by atoms with Crippen molar-refractivity contribution in [1.29, 1.82) is 0 Å². The van der Waals surface area contributed by atoms with Crippen LogP contribution in [0.2, 0.25) is 0 Å². The van der Waals surface area contributed by atoms with Gasteiger partial charge in [-0.2, -0.15) is 0 Å². The molecule has 0 atom stereocenters. The average molecular weight is 423 g/mol. The molecule has 1 saturated heterocycles. The number of hydrogen-bond donors (Lipinski definition) is 2. The highest BCUT2D eigenvalue weighted by molar-refractivity contribution is 5.80. The van der Waals surface area contributed by atoms with E-state index in [0.29, 0.717) is 13.2 Å². The third-order valence-electron chi connectivity index (χ3n) is 5.69. The number of rotatable bonds is 10. The topological polar surface area (TPSA) is 52.8 Å². The second-order valence-corrected chi connectivity index (χ2v) is 8.28. The zero-order valence-electron chi connectivity index (χ0n) is 18.7. The van der Waals surface area contributed by atoms with E-state index in [9.17, 15) is 0 Å². The summed E-state index contributed by atoms with van der Waals surface area (Å²) < 4.78 is 12.0. The maximum atomic E-state index is 6.12. The molecule has 6 nitrogen and oxygen atoms in total. The van der Waals surface area contributed by atoms with Crippen molar-refractivity contribution in [3.05, 3.63) is 54.2 Å². The normalized spacial score (nSPS) is 15.3. The maximum absolute atomic E-state index is 6.12. The van der Waals surface area contributed by atoms with Crippen LogP contribution in [0.1, 0.15) is 19.0 Å². The van der Waals surface area contributed by atoms with Crippen LogP contribution in [-0.2, 0) is 6.61 Å². The Bertz CT molecular complexity index is 930. The van der Waals surface area contributed by atoms with Crippen LogP contribution in [0.4, 0.5) is 5.69 Å². The molecule has 31 heavy (non-hydrogen) atoms. The second kappa shape index (κ2) is 10.6. The molecule has 1 aliphatic rings. The number of para-hydroxylation sites is 1. The third kappa shape index (κ3) is 6.15. The van der Waals surface area contributed by atoms with Crippen molar-refractivity contribution in [2.75, 3.05) is 58.2 Å². The van der Waals surface area contributed by atoms with Crippen molar-refractivity contribution in [3.63, 3.8) is 0 Å². The Balaban J connectivity index is 1.37. The van der Waals surface area contributed by atoms with Gasteiger partial charge in [0.25, 0.3) is 0 Å². The van der Waals surface area contributed by atoms with E-state index in [0.717, 1.165) is 74.1 Å². The van der Waals surface area contributed by atoms with Gasteiger partial charge in [-0.05, 0) is 31.0 Å². The first-order chi connectivity index (χ1) is 15.2. The first kappa shape index (κ1) is 21.5. The summed E-state index contributed by atoms with van der Waals surface area (Å²) in [7, 11) is 2.19. The summed E-state index contributed by atoms with van der Waals surface area (Å²) in [5.74, 6) is 1.66. The van der Waals surface area contributed by atoms with Crippen LogP contribution in [-0.4, -0.2) is 67.7 Å². The van der Waals surface area contributed by atoms with E-state index in [1.165, 1.54) is 5.39 Å². The van der Waals surface area contributed by atoms with Gasteiger partial charge in [-0.15, -0.1) is 0 Å². The molecule has 0 radical (unpaired) electrons. The van der Waals surface area contributed by atoms with E-state index < -0.39 is 0 Å². The van der Waals surface area contributed by atoms with Crippen molar-refractivity contribution in [3.8, 4) is 11.5 Å². The van der Waals surface area contributed by atoms with Gasteiger partial charge in [0.1, 0.15) is 18.1 Å². The van der Waals surface area contributed by atoms with Crippen molar-refractivity contribution in [2.45, 2.75) is 20.0 Å². The summed E-state index contributed by atoms with van der Waals surface area (Å²) >= 11 is 0. The van der Waals surface area contributed by atoms with Gasteiger partial charge in [-0.3, -0.25) is 4.90 Å². The molecule has 166 valence electrons. The molecule has 0 spiro atoms. The van der Waals surface area contributed by atoms with Crippen LogP contribution in [0.15, 0.2) is 48.5 Å². The highest BCUT2D eigenvalue weighted by Gasteiger charge is 2.13. The molecule has 0 bridgehead atoms. The molecule has 0 aliphatic carbocycles. The van der Waals surface area contributed by atoms with Gasteiger partial charge >= 0.3 is 0 Å². The number of piperazine rings is 1. The Labute approximate surface area is 185 Å². The highest BCUT2D eigenvalue weighted by atomic mass is 16.5. The minimum Gasteiger partial charge on any atom is -0.493 e. The Hall–Kier alpha value is -2.70. The van der Waals surface area contributed by atoms with Crippen molar-refractivity contribution in [2.24, 2.45) is 0 Å². The zero-order valence-corrected chi connectivity index (χ0v) is 18.7. The quantitative estimate of drug-likeness (QED) is 0.513. The fourth-order valence-electron chi connectivity index (χ4n) is 3.86. The predicted molar refractivity (Wildman–Crippen MR) is 127 cm³/mol. The smallest absolute Gasteiger partial charge is 0.128 e. The Morgan fingerprint density at radius 3 is 2.52 bits per heavy atom. The number of H-pyrrole nitrogens is 1. The van der Waals surface area contributed by atoms with Crippen molar-refractivity contribution < 1.29 is 9.47 Å². The number of hydrogen-bond acceptors (Lipinski definition) is 5. The maximum Gasteiger partial charge on any atom is 0.128 e. The molecule has 1 fully saturated rings. The molecular weight excluding hydrogens is 388 g/mol. The fraction of sp³-hybridized carbons (Fsp3) is 0.440. The molecule has 6 heteroatoms. The Kier molecular flexibility index (Phi) is 7.33. The van der Waals surface area contributed by atoms with E-state index >= 15 is 0 Å². The van der Waals surface area contributed by atoms with Gasteiger partial charge in [-0.1, -0.05) is 25.1 Å². The molecule has 0 unspecified atom stereocenters. The van der Waals surface area contributed by atoms with Gasteiger partial charge < -0.3 is 24.7 Å². The van der Waals surface area contributed by atoms with E-state index in [4.69, 9.17) is 9.47 Å². The lowest BCUT2D eigenvalue weighted by Gasteiger charge is -2.32. The van der Waals surface area contributed by atoms with E-state index in [2.05, 4.69) is 70.5 Å². The van der Waals surface area contributed by atoms with Gasteiger partial charge in [0, 0.05) is 68.7 Å². The average Bonchev–Trinajstić information content (AvgIpc) is 3.21. The van der Waals surface area contributed by atoms with E-state index in [1.54, 1.807) is 0 Å². The monoisotopic (exact) mass is 422 g/mol. The van der Waals surface area contributed by atoms with Crippen LogP contribution in [0, 0.1) is 0 Å². The number of anilines is 1. The van der Waals surface area contributed by atoms with Crippen LogP contribution in [0.25, 0.3) is 10.9 Å². The van der Waals surface area contributed by atoms with Gasteiger partial charge in [0.15, 0.2) is 0 Å². The van der Waals surface area contributed by atoms with Crippen molar-refractivity contribution in [1.82, 2.24) is 14.8 Å². The van der Waals surface area contributed by atoms with Crippen LogP contribution in [0.5, 0.6) is 11.5 Å². The van der Waals surface area contributed by atoms with Gasteiger partial charge in [-0.25, -0.2) is 0 Å². The third-order valence-corrected chi connectivity index (χ3v) is 5.69. The lowest BCUT2D eigenvalue weighted by Crippen LogP contribution is -2.45. The number of nitrogens with zero attached hydrogens (tertiary/aromatic N) is 2. The van der Waals surface area contributed by atoms with Gasteiger partial charge in [0.2, 0.25) is 0 Å². The lowest BCUT2D eigenvalue weighted by molar-refractivity contribution is 0.158. The molecule has 3 aromatic rings. The number of aromatic amines is 1. The molecule has 2 N–H and O–H groups in total. The largest absolute Gasteiger partial charge is 0.493 e. The zero-order chi connectivity index (χ0) is 21.5. The summed E-state index contributed by atoms with van der Waals surface area (Å²) in [5.41, 5.74) is 3.23. The molecule has 4 rings (SSSR count). The van der Waals surface area contributed by atoms with Crippen LogP contribution in [0.3, 0.4) is 0 Å². The van der Waals surface area contributed by atoms with Gasteiger partial charge in [0.05, 0.1) is 12.3 Å². The first-order valence-corrected chi connectivity index (χ1v) is 11.3. The minimum absolute atomic E-state index is 0.493. The molecule has 0 saturated carbocycles. The SMILES string of the molecule is CCCOc1cc(NCCN2CCN(C)CC2)cc(OCc2cc3ccccc3[nH]2)c1. The summed E-state index contributed by atoms with van der Waals surface area (Å²) in [4.78, 5) is 8.32. The number of likely N-dealkylation sites (N-methyl/N-ethyl adjacent to an activating group) is 1. The first-order valence-electron chi connectivity index (χ1n) is 11.3. The number of ether oxygens (including phenoxy) is 2. The molecule has 2 heterocycles. The number of fused-ring (bicyclic) bond motifs is 1. The van der Waals surface area contributed by atoms with Crippen molar-refractivity contribution >= 4 is 16.6 Å². The van der Waals surface area contributed by atoms with Crippen LogP contribution >= 0.6 is 0 Å². The molecule has 1 aliphatic heterocycles. The summed E-state index contributed by atoms with van der Waals surface area (Å²) in [6.45, 7) is 9.82. The molecule has 1 aromatic heterocycles. The van der Waals surface area contributed by atoms with Crippen LogP contribution < -0.4 is 14.8 Å². The number of aromatic nitrogens is 1. The lowest BCUT2D eigenvalue weighted by atomic mass is 10.2. The fourth-order valence-corrected chi connectivity index (χ4v) is 3.86. The molecular formula is C25H34N4O2. The number of nitrogens with one attached hydrogen (secondary N) is 2. The number of benzene rings is 2. The Morgan fingerprint density at radius 1 is 0.968 bits per heavy atom. The minimum atomic E-state index is 0.493. The van der Waals surface area contributed by atoms with E-state index in [1.807, 2.05) is 12.1 Å². The molecule has 0 amide bonds. The standard InChI is InChI=1S/C25H34N4O2/c1-3-14-30-23-16-21(26-8-9-29-12-10-28(2)11-13-29)17-24(18-23)31-19-22-15-20-6-4-5-7-25(20)27-22/h4-7,15-18,26-27H,3,8-14,19H2,1-2H3. The second-order valence-electron chi connectivity index (χ2n) is 8.28. The molecule has 2 aromatic carbocycles. The summed E-state index contributed by atoms with van der Waals surface area (Å²) in [6.07, 6.45) is 0.978. The highest BCUT2D eigenvalue weighted by Crippen LogP contribution is 2.27.